The maximum Gasteiger partial charge on any atom is 0.234 e. The third kappa shape index (κ3) is 3.43. The molecule has 2 rings (SSSR count). The first-order chi connectivity index (χ1) is 8.50. The van der Waals surface area contributed by atoms with E-state index in [1.54, 1.807) is 0 Å². The van der Waals surface area contributed by atoms with Crippen molar-refractivity contribution in [3.05, 3.63) is 0 Å². The molecular formula is C11H20N2O4S. The van der Waals surface area contributed by atoms with Gasteiger partial charge in [-0.15, -0.1) is 0 Å². The van der Waals surface area contributed by atoms with Crippen molar-refractivity contribution in [3.8, 4) is 0 Å². The number of amides is 1. The van der Waals surface area contributed by atoms with E-state index in [0.29, 0.717) is 6.42 Å². The Bertz CT molecular complexity index is 409. The summed E-state index contributed by atoms with van der Waals surface area (Å²) in [6, 6.07) is -0.166. The Morgan fingerprint density at radius 3 is 2.78 bits per heavy atom. The lowest BCUT2D eigenvalue weighted by Crippen LogP contribution is -2.44. The molecule has 0 saturated carbocycles. The molecule has 0 aromatic heterocycles. The third-order valence-corrected chi connectivity index (χ3v) is 5.42. The summed E-state index contributed by atoms with van der Waals surface area (Å²) in [5.41, 5.74) is 0. The highest BCUT2D eigenvalue weighted by atomic mass is 32.2. The van der Waals surface area contributed by atoms with Gasteiger partial charge in [-0.3, -0.25) is 9.69 Å². The molecule has 2 heterocycles. The van der Waals surface area contributed by atoms with Gasteiger partial charge in [-0.05, 0) is 25.8 Å². The predicted octanol–water partition coefficient (Wildman–Crippen LogP) is -1.25. The average molecular weight is 276 g/mol. The van der Waals surface area contributed by atoms with Crippen LogP contribution in [0.25, 0.3) is 0 Å². The first-order valence-corrected chi connectivity index (χ1v) is 8.17. The van der Waals surface area contributed by atoms with Crippen molar-refractivity contribution in [3.63, 3.8) is 0 Å². The van der Waals surface area contributed by atoms with Gasteiger partial charge in [0.1, 0.15) is 0 Å². The highest BCUT2D eigenvalue weighted by Crippen LogP contribution is 2.16. The van der Waals surface area contributed by atoms with Crippen LogP contribution < -0.4 is 5.32 Å². The SMILES string of the molecule is O=C(CN1CCCC1CO)NC1CCS(=O)(=O)C1. The van der Waals surface area contributed by atoms with Crippen LogP contribution in [0.5, 0.6) is 0 Å². The summed E-state index contributed by atoms with van der Waals surface area (Å²) >= 11 is 0. The van der Waals surface area contributed by atoms with Crippen LogP contribution in [0.15, 0.2) is 0 Å². The van der Waals surface area contributed by atoms with Gasteiger partial charge < -0.3 is 10.4 Å². The molecule has 0 aromatic rings. The van der Waals surface area contributed by atoms with Crippen molar-refractivity contribution in [2.75, 3.05) is 31.2 Å². The molecule has 7 heteroatoms. The largest absolute Gasteiger partial charge is 0.395 e. The van der Waals surface area contributed by atoms with Gasteiger partial charge in [0.25, 0.3) is 0 Å². The molecule has 18 heavy (non-hydrogen) atoms. The second-order valence-corrected chi connectivity index (χ2v) is 7.35. The lowest BCUT2D eigenvalue weighted by Gasteiger charge is -2.22. The summed E-state index contributed by atoms with van der Waals surface area (Å²) in [5, 5.41) is 11.9. The number of carbonyl (C=O) groups is 1. The Hall–Kier alpha value is -0.660. The number of aliphatic hydroxyl groups is 1. The minimum absolute atomic E-state index is 0.0577. The van der Waals surface area contributed by atoms with E-state index in [4.69, 9.17) is 5.11 Å². The van der Waals surface area contributed by atoms with Crippen molar-refractivity contribution in [1.82, 2.24) is 10.2 Å². The average Bonchev–Trinajstić information content (AvgIpc) is 2.85. The van der Waals surface area contributed by atoms with Gasteiger partial charge in [0.2, 0.25) is 5.91 Å². The van der Waals surface area contributed by atoms with E-state index in [2.05, 4.69) is 5.32 Å². The fourth-order valence-electron chi connectivity index (χ4n) is 2.68. The number of aliphatic hydroxyl groups excluding tert-OH is 1. The highest BCUT2D eigenvalue weighted by molar-refractivity contribution is 7.91. The van der Waals surface area contributed by atoms with Gasteiger partial charge in [0.15, 0.2) is 9.84 Å². The van der Waals surface area contributed by atoms with E-state index in [0.717, 1.165) is 19.4 Å². The second kappa shape index (κ2) is 5.54. The monoisotopic (exact) mass is 276 g/mol. The topological polar surface area (TPSA) is 86.7 Å². The molecule has 0 bridgehead atoms. The van der Waals surface area contributed by atoms with Gasteiger partial charge in [-0.2, -0.15) is 0 Å². The van der Waals surface area contributed by atoms with Crippen LogP contribution in [0.2, 0.25) is 0 Å². The fourth-order valence-corrected chi connectivity index (χ4v) is 4.35. The molecule has 1 amide bonds. The van der Waals surface area contributed by atoms with E-state index >= 15 is 0 Å². The first kappa shape index (κ1) is 13.8. The molecule has 0 spiro atoms. The van der Waals surface area contributed by atoms with E-state index in [1.165, 1.54) is 0 Å². The van der Waals surface area contributed by atoms with E-state index < -0.39 is 9.84 Å². The van der Waals surface area contributed by atoms with Crippen LogP contribution >= 0.6 is 0 Å². The number of hydrogen-bond acceptors (Lipinski definition) is 5. The van der Waals surface area contributed by atoms with Crippen molar-refractivity contribution < 1.29 is 18.3 Å². The van der Waals surface area contributed by atoms with Crippen molar-refractivity contribution in [1.29, 1.82) is 0 Å². The number of hydrogen-bond donors (Lipinski definition) is 2. The van der Waals surface area contributed by atoms with Crippen LogP contribution in [0.4, 0.5) is 0 Å². The number of likely N-dealkylation sites (tertiary alicyclic amines) is 1. The molecule has 0 aliphatic carbocycles. The van der Waals surface area contributed by atoms with Crippen LogP contribution in [-0.2, 0) is 14.6 Å². The standard InChI is InChI=1S/C11H20N2O4S/c14-7-10-2-1-4-13(10)6-11(15)12-9-3-5-18(16,17)8-9/h9-10,14H,1-8H2,(H,12,15). The van der Waals surface area contributed by atoms with E-state index in [9.17, 15) is 13.2 Å². The Morgan fingerprint density at radius 2 is 2.17 bits per heavy atom. The molecule has 2 unspecified atom stereocenters. The maximum absolute atomic E-state index is 11.8. The minimum atomic E-state index is -2.95. The molecule has 0 radical (unpaired) electrons. The van der Waals surface area contributed by atoms with Crippen LogP contribution in [-0.4, -0.2) is 67.6 Å². The Kier molecular flexibility index (Phi) is 4.24. The summed E-state index contributed by atoms with van der Waals surface area (Å²) in [5.74, 6) is 0.0840. The smallest absolute Gasteiger partial charge is 0.234 e. The van der Waals surface area contributed by atoms with Crippen LogP contribution in [0, 0.1) is 0 Å². The zero-order chi connectivity index (χ0) is 13.2. The van der Waals surface area contributed by atoms with Gasteiger partial charge in [0, 0.05) is 12.1 Å². The summed E-state index contributed by atoms with van der Waals surface area (Å²) in [6.07, 6.45) is 2.43. The Labute approximate surface area is 107 Å². The van der Waals surface area contributed by atoms with E-state index in [-0.39, 0.29) is 42.6 Å². The first-order valence-electron chi connectivity index (χ1n) is 6.35. The summed E-state index contributed by atoms with van der Waals surface area (Å²) < 4.78 is 22.5. The molecule has 0 aromatic carbocycles. The molecule has 2 N–H and O–H groups in total. The summed E-state index contributed by atoms with van der Waals surface area (Å²) in [6.45, 7) is 1.15. The number of rotatable bonds is 4. The summed E-state index contributed by atoms with van der Waals surface area (Å²) in [4.78, 5) is 13.8. The Balaban J connectivity index is 1.79. The fraction of sp³-hybridized carbons (Fsp3) is 0.909. The minimum Gasteiger partial charge on any atom is -0.395 e. The highest BCUT2D eigenvalue weighted by Gasteiger charge is 2.30. The zero-order valence-electron chi connectivity index (χ0n) is 10.3. The summed E-state index contributed by atoms with van der Waals surface area (Å²) in [7, 11) is -2.95. The number of sulfone groups is 1. The lowest BCUT2D eigenvalue weighted by atomic mass is 10.2. The number of nitrogens with zero attached hydrogens (tertiary/aromatic N) is 1. The molecule has 2 aliphatic rings. The number of nitrogens with one attached hydrogen (secondary N) is 1. The van der Waals surface area contributed by atoms with Gasteiger partial charge in [-0.25, -0.2) is 8.42 Å². The molecule has 2 fully saturated rings. The molecular weight excluding hydrogens is 256 g/mol. The van der Waals surface area contributed by atoms with E-state index in [1.807, 2.05) is 4.90 Å². The van der Waals surface area contributed by atoms with Crippen molar-refractivity contribution in [2.45, 2.75) is 31.3 Å². The maximum atomic E-state index is 11.8. The second-order valence-electron chi connectivity index (χ2n) is 5.12. The quantitative estimate of drug-likeness (QED) is 0.670. The lowest BCUT2D eigenvalue weighted by molar-refractivity contribution is -0.123. The normalized spacial score (nSPS) is 31.6. The third-order valence-electron chi connectivity index (χ3n) is 3.65. The molecule has 6 nitrogen and oxygen atoms in total. The van der Waals surface area contributed by atoms with Crippen LogP contribution in [0.1, 0.15) is 19.3 Å². The van der Waals surface area contributed by atoms with Gasteiger partial charge >= 0.3 is 0 Å². The van der Waals surface area contributed by atoms with Gasteiger partial charge in [-0.1, -0.05) is 0 Å². The van der Waals surface area contributed by atoms with Crippen LogP contribution in [0.3, 0.4) is 0 Å². The molecule has 104 valence electrons. The van der Waals surface area contributed by atoms with Crippen molar-refractivity contribution >= 4 is 15.7 Å². The molecule has 2 atom stereocenters. The molecule has 2 saturated heterocycles. The van der Waals surface area contributed by atoms with Gasteiger partial charge in [0.05, 0.1) is 24.7 Å². The Morgan fingerprint density at radius 1 is 1.39 bits per heavy atom. The van der Waals surface area contributed by atoms with Crippen molar-refractivity contribution in [2.24, 2.45) is 0 Å². The zero-order valence-corrected chi connectivity index (χ0v) is 11.2. The molecule has 2 aliphatic heterocycles. The number of carbonyl (C=O) groups excluding carboxylic acids is 1. The predicted molar refractivity (Wildman–Crippen MR) is 66.9 cm³/mol.